The molecule has 0 radical (unpaired) electrons. The highest BCUT2D eigenvalue weighted by atomic mass is 16.8. The number of hydrogen-bond donors (Lipinski definition) is 3. The predicted octanol–water partition coefficient (Wildman–Crippen LogP) is 1.34. The van der Waals surface area contributed by atoms with Crippen LogP contribution in [0.3, 0.4) is 0 Å². The molecule has 5 aliphatic rings. The number of ether oxygens (including phenoxy) is 9. The van der Waals surface area contributed by atoms with Gasteiger partial charge in [0.05, 0.1) is 68.0 Å². The van der Waals surface area contributed by atoms with Gasteiger partial charge in [-0.25, -0.2) is 0 Å². The molecule has 0 unspecified atom stereocenters. The van der Waals surface area contributed by atoms with E-state index in [1.165, 1.54) is 0 Å². The molecule has 4 heterocycles. The van der Waals surface area contributed by atoms with E-state index in [4.69, 9.17) is 68.2 Å². The first-order chi connectivity index (χ1) is 32.9. The Balaban J connectivity index is 1.71. The van der Waals surface area contributed by atoms with Crippen LogP contribution in [0.4, 0.5) is 0 Å². The highest BCUT2D eigenvalue weighted by Crippen LogP contribution is 2.57. The molecule has 2 aromatic carbocycles. The van der Waals surface area contributed by atoms with Crippen molar-refractivity contribution in [2.75, 3.05) is 33.9 Å². The largest absolute Gasteiger partial charge is 0.502 e. The molecular formula is C29H32O13. The number of phenolic OH excluding ortho intramolecular Hbond substituents is 1. The number of carbonyl (C=O) groups is 1. The summed E-state index contributed by atoms with van der Waals surface area (Å²) in [6, 6.07) is -7.46. The minimum Gasteiger partial charge on any atom is -0.502 e. The van der Waals surface area contributed by atoms with Gasteiger partial charge in [-0.3, -0.25) is 4.79 Å². The molecule has 10 atom stereocenters. The second-order valence-corrected chi connectivity index (χ2v) is 8.11. The molecule has 4 aliphatic heterocycles. The summed E-state index contributed by atoms with van der Waals surface area (Å²) in [6.45, 7) is -16.9. The fraction of sp³-hybridized carbons (Fsp3) is 0.552. The first-order valence-electron chi connectivity index (χ1n) is 26.7. The molecule has 1 aliphatic carbocycles. The van der Waals surface area contributed by atoms with Crippen molar-refractivity contribution in [1.29, 1.82) is 4.29 Å². The van der Waals surface area contributed by atoms with Gasteiger partial charge in [-0.05, 0) is 47.7 Å². The van der Waals surface area contributed by atoms with Crippen LogP contribution in [0.5, 0.6) is 28.7 Å². The lowest BCUT2D eigenvalue weighted by molar-refractivity contribution is -0.364. The standard InChI is InChI=1S/C29H32O13/c1-11-36-9-20-27(40-11)24(31)25(32)29(41-20)42-26-14-7-17-16(38-10-39-17)6-13(14)21(22-15(26)8-37-28(22)33)12-4-18(34-2)23(30)19(5-12)35-3/h4-7,11,15,20-22,24-27,29-32H,8-10H2,1-3H3/t11-,15+,20-,21-,22+,24-,25-,26-,27-,29+/m1/s1/i1D3,2D3,3D3,4D,5D,6D,7D,8D2,9D2,10D2,11D,15D,20D,21D,22D,24D,25D,26D,27D,29D,31D,32D/hD. The van der Waals surface area contributed by atoms with Gasteiger partial charge in [-0.2, -0.15) is 0 Å². The molecule has 0 amide bonds. The highest BCUT2D eigenvalue weighted by Gasteiger charge is 2.56. The average Bonchev–Trinajstić information content (AvgIpc) is 3.64. The Kier molecular flexibility index (Phi) is 2.32. The number of esters is 1. The highest BCUT2D eigenvalue weighted by molar-refractivity contribution is 5.79. The molecule has 3 fully saturated rings. The third-order valence-electron chi connectivity index (χ3n) is 5.84. The summed E-state index contributed by atoms with van der Waals surface area (Å²) < 4.78 is 320. The fourth-order valence-electron chi connectivity index (χ4n) is 4.12. The summed E-state index contributed by atoms with van der Waals surface area (Å²) in [6.07, 6.45) is -33.7. The predicted molar refractivity (Wildman–Crippen MR) is 138 cm³/mol. The Morgan fingerprint density at radius 1 is 1.02 bits per heavy atom. The first kappa shape index (κ1) is 9.34. The number of hydrogen-bond acceptors (Lipinski definition) is 13. The van der Waals surface area contributed by atoms with Gasteiger partial charge in [0, 0.05) is 20.0 Å². The number of carbonyl (C=O) groups excluding carboxylic acids is 1. The molecule has 0 bridgehead atoms. The third kappa shape index (κ3) is 4.26. The molecule has 0 aromatic heterocycles. The number of benzene rings is 2. The zero-order valence-corrected chi connectivity index (χ0v) is 19.8. The summed E-state index contributed by atoms with van der Waals surface area (Å²) in [4.78, 5) is 14.6. The van der Waals surface area contributed by atoms with Crippen LogP contribution in [-0.4, -0.2) is 96.4 Å². The average molecular weight is 621 g/mol. The van der Waals surface area contributed by atoms with E-state index in [1.807, 2.05) is 0 Å². The molecule has 3 saturated heterocycles. The third-order valence-corrected chi connectivity index (χ3v) is 5.84. The molecule has 13 nitrogen and oxygen atoms in total. The van der Waals surface area contributed by atoms with E-state index in [-0.39, 0.29) is 0 Å². The van der Waals surface area contributed by atoms with Crippen molar-refractivity contribution in [3.63, 3.8) is 0 Å². The lowest BCUT2D eigenvalue weighted by atomic mass is 9.66. The Morgan fingerprint density at radius 2 is 1.81 bits per heavy atom. The lowest BCUT2D eigenvalue weighted by Crippen LogP contribution is -2.63. The van der Waals surface area contributed by atoms with Crippen LogP contribution in [0.2, 0.25) is 0 Å². The van der Waals surface area contributed by atoms with Crippen molar-refractivity contribution < 1.29 is 103 Å². The number of methoxy groups -OCH3 is 2. The second kappa shape index (κ2) is 10.4. The summed E-state index contributed by atoms with van der Waals surface area (Å²) >= 11 is 0. The van der Waals surface area contributed by atoms with Crippen molar-refractivity contribution in [2.45, 2.75) is 55.7 Å². The Morgan fingerprint density at radius 3 is 2.52 bits per heavy atom. The maximum Gasteiger partial charge on any atom is 0.310 e. The van der Waals surface area contributed by atoms with E-state index in [0.717, 1.165) is 0 Å². The molecule has 7 rings (SSSR count). The van der Waals surface area contributed by atoms with Crippen molar-refractivity contribution in [1.82, 2.24) is 0 Å². The van der Waals surface area contributed by atoms with E-state index in [2.05, 4.69) is 20.1 Å². The minimum absolute atomic E-state index is 1.43. The lowest BCUT2D eigenvalue weighted by Gasteiger charge is -2.47. The van der Waals surface area contributed by atoms with Crippen LogP contribution in [0.1, 0.15) is 75.3 Å². The van der Waals surface area contributed by atoms with Gasteiger partial charge < -0.3 is 58.0 Å². The Labute approximate surface area is 285 Å². The monoisotopic (exact) mass is 620 g/mol. The number of aromatic hydroxyl groups is 1. The maximum absolute atomic E-state index is 14.6. The van der Waals surface area contributed by atoms with Gasteiger partial charge in [0.2, 0.25) is 15.4 Å². The summed E-state index contributed by atoms with van der Waals surface area (Å²) in [7, 11) is -7.68. The number of cyclic esters (lactones) is 1. The molecule has 3 N–H and O–H groups in total. The van der Waals surface area contributed by atoms with Gasteiger partial charge in [-0.1, -0.05) is 0 Å². The van der Waals surface area contributed by atoms with Crippen molar-refractivity contribution >= 4 is 5.97 Å². The molecule has 42 heavy (non-hydrogen) atoms. The van der Waals surface area contributed by atoms with Crippen LogP contribution >= 0.6 is 0 Å². The van der Waals surface area contributed by atoms with Gasteiger partial charge in [-0.15, -0.1) is 0 Å². The summed E-state index contributed by atoms with van der Waals surface area (Å²) in [5, 5.41) is 12.7. The Hall–Kier alpha value is -3.33. The topological polar surface area (TPSA) is 161 Å². The Bertz CT molecular complexity index is 2700. The summed E-state index contributed by atoms with van der Waals surface area (Å²) in [5.41, 5.74) is -5.99. The maximum atomic E-state index is 14.6. The zero-order chi connectivity index (χ0) is 57.0. The normalized spacial score (nSPS) is 69.4. The molecule has 2 aromatic rings. The number of phenols is 1. The molecule has 0 saturated carbocycles. The van der Waals surface area contributed by atoms with Crippen molar-refractivity contribution in [2.24, 2.45) is 11.8 Å². The van der Waals surface area contributed by atoms with Crippen molar-refractivity contribution in [3.05, 3.63) is 40.9 Å². The van der Waals surface area contributed by atoms with E-state index >= 15 is 0 Å². The molecule has 226 valence electrons. The first-order valence-corrected chi connectivity index (χ1v) is 11.0. The van der Waals surface area contributed by atoms with Gasteiger partial charge in [0.15, 0.2) is 35.5 Å². The minimum atomic E-state index is -5.14. The van der Waals surface area contributed by atoms with Crippen LogP contribution < -0.4 is 18.9 Å². The quantitative estimate of drug-likeness (QED) is 0.363. The smallest absolute Gasteiger partial charge is 0.310 e. The number of aliphatic hydroxyl groups is 2. The van der Waals surface area contributed by atoms with Crippen molar-refractivity contribution in [3.8, 4) is 28.7 Å². The van der Waals surface area contributed by atoms with E-state index in [1.54, 1.807) is 0 Å². The molecule has 13 heteroatoms. The van der Waals surface area contributed by atoms with Crippen LogP contribution in [0.15, 0.2) is 24.2 Å². The fourth-order valence-corrected chi connectivity index (χ4v) is 4.12. The molecular weight excluding hydrogens is 556 g/mol. The zero-order valence-electron chi connectivity index (χ0n) is 51.8. The van der Waals surface area contributed by atoms with Crippen LogP contribution in [0.25, 0.3) is 0 Å². The number of rotatable bonds is 8. The van der Waals surface area contributed by atoms with E-state index in [0.29, 0.717) is 0 Å². The van der Waals surface area contributed by atoms with Gasteiger partial charge in [0.1, 0.15) is 27.1 Å². The summed E-state index contributed by atoms with van der Waals surface area (Å²) in [5.74, 6) is -25.1. The second-order valence-electron chi connectivity index (χ2n) is 8.11. The number of fused-ring (bicyclic) bond motifs is 4. The van der Waals surface area contributed by atoms with Crippen LogP contribution in [-0.2, 0) is 28.5 Å². The molecule has 0 spiro atoms. The van der Waals surface area contributed by atoms with Gasteiger partial charge >= 0.3 is 5.97 Å². The van der Waals surface area contributed by atoms with E-state index < -0.39 is 177 Å². The SMILES string of the molecule is [2H]Oc1c(OC([2H])([2H])[2H])c([2H])c([C@]2([2H])c3c([2H])c4c(c([2H])c3[C@@]([2H])(O[C@]3([2H])O[C@]5([2H])C([2H])([2H])O[C@@]([2H])(C([2H])([2H])[2H])O[C@@]5([2H])[C@]([2H])(O[2H])[C@@]3([2H])O[2H])[C@@]3([2H])C([2H])([2H])OC(=O)[C@]23[2H])OC([2H])([2H])O4)c([2H])c1OC([2H])([2H])[2H]. The van der Waals surface area contributed by atoms with E-state index in [9.17, 15) is 18.5 Å². The van der Waals surface area contributed by atoms with Crippen LogP contribution in [0, 0.1) is 11.8 Å². The van der Waals surface area contributed by atoms with Gasteiger partial charge in [0.25, 0.3) is 1.43 Å².